The van der Waals surface area contributed by atoms with Crippen molar-refractivity contribution in [3.05, 3.63) is 90.0 Å². The normalized spacial score (nSPS) is 13.9. The van der Waals surface area contributed by atoms with Crippen molar-refractivity contribution >= 4 is 11.6 Å². The van der Waals surface area contributed by atoms with Crippen LogP contribution in [-0.4, -0.2) is 32.1 Å². The van der Waals surface area contributed by atoms with E-state index in [9.17, 15) is 4.79 Å². The van der Waals surface area contributed by atoms with Crippen LogP contribution in [0, 0.1) is 17.2 Å². The molecule has 0 atom stereocenters. The van der Waals surface area contributed by atoms with E-state index >= 15 is 0 Å². The minimum atomic E-state index is 0.0709. The summed E-state index contributed by atoms with van der Waals surface area (Å²) in [5.41, 5.74) is 5.55. The van der Waals surface area contributed by atoms with Gasteiger partial charge in [0.2, 0.25) is 5.91 Å². The Kier molecular flexibility index (Phi) is 8.91. The summed E-state index contributed by atoms with van der Waals surface area (Å²) in [5, 5.41) is 15.4. The average Bonchev–Trinajstić information content (AvgIpc) is 2.93. The summed E-state index contributed by atoms with van der Waals surface area (Å²) in [5.74, 6) is 0.752. The van der Waals surface area contributed by atoms with E-state index in [-0.39, 0.29) is 5.91 Å². The molecule has 180 valence electrons. The first-order valence-corrected chi connectivity index (χ1v) is 12.6. The van der Waals surface area contributed by atoms with Gasteiger partial charge in [0.25, 0.3) is 0 Å². The Hall–Kier alpha value is -3.62. The fourth-order valence-corrected chi connectivity index (χ4v) is 4.66. The second kappa shape index (κ2) is 12.7. The minimum Gasteiger partial charge on any atom is -0.371 e. The number of piperidine rings is 1. The molecule has 0 saturated carbocycles. The fourth-order valence-electron chi connectivity index (χ4n) is 4.66. The summed E-state index contributed by atoms with van der Waals surface area (Å²) in [6.45, 7) is 4.54. The molecule has 5 heteroatoms. The molecule has 0 spiro atoms. The lowest BCUT2D eigenvalue weighted by Crippen LogP contribution is -2.37. The number of nitriles is 1. The molecule has 3 aromatic carbocycles. The van der Waals surface area contributed by atoms with Gasteiger partial charge in [0.05, 0.1) is 11.6 Å². The van der Waals surface area contributed by atoms with E-state index in [0.717, 1.165) is 38.2 Å². The molecule has 0 bridgehead atoms. The van der Waals surface area contributed by atoms with Crippen LogP contribution in [0.3, 0.4) is 0 Å². The Morgan fingerprint density at radius 1 is 0.943 bits per heavy atom. The highest BCUT2D eigenvalue weighted by Gasteiger charge is 2.21. The van der Waals surface area contributed by atoms with E-state index in [1.807, 2.05) is 12.1 Å². The molecule has 1 aliphatic rings. The zero-order valence-corrected chi connectivity index (χ0v) is 20.2. The zero-order chi connectivity index (χ0) is 24.3. The second-order valence-corrected chi connectivity index (χ2v) is 9.21. The number of para-hydroxylation sites is 1. The van der Waals surface area contributed by atoms with E-state index in [1.165, 1.54) is 29.7 Å². The fraction of sp³-hybridized carbons (Fsp3) is 0.333. The van der Waals surface area contributed by atoms with Gasteiger partial charge in [-0.2, -0.15) is 5.26 Å². The zero-order valence-electron chi connectivity index (χ0n) is 20.2. The summed E-state index contributed by atoms with van der Waals surface area (Å²) >= 11 is 0. The van der Waals surface area contributed by atoms with E-state index in [1.54, 1.807) is 12.1 Å². The number of hydrogen-bond acceptors (Lipinski definition) is 4. The number of benzene rings is 3. The molecule has 1 amide bonds. The summed E-state index contributed by atoms with van der Waals surface area (Å²) < 4.78 is 0. The third kappa shape index (κ3) is 7.18. The van der Waals surface area contributed by atoms with Gasteiger partial charge in [0.1, 0.15) is 0 Å². The van der Waals surface area contributed by atoms with Crippen LogP contribution < -0.4 is 15.5 Å². The van der Waals surface area contributed by atoms with Gasteiger partial charge in [-0.1, -0.05) is 60.7 Å². The average molecular weight is 467 g/mol. The lowest BCUT2D eigenvalue weighted by molar-refractivity contribution is -0.121. The summed E-state index contributed by atoms with van der Waals surface area (Å²) in [6, 6.07) is 28.8. The van der Waals surface area contributed by atoms with Gasteiger partial charge in [-0.05, 0) is 67.6 Å². The number of carbonyl (C=O) groups excluding carboxylic acids is 1. The number of nitrogens with one attached hydrogen (secondary N) is 2. The maximum atomic E-state index is 12.1. The summed E-state index contributed by atoms with van der Waals surface area (Å²) in [4.78, 5) is 14.6. The SMILES string of the molecule is N#Cc1ccc(CNC(=O)CCCNCC2CCN(c3ccccc3-c3ccccc3)CC2)cc1. The van der Waals surface area contributed by atoms with Crippen LogP contribution in [0.15, 0.2) is 78.9 Å². The number of amides is 1. The van der Waals surface area contributed by atoms with E-state index in [4.69, 9.17) is 5.26 Å². The molecule has 1 heterocycles. The van der Waals surface area contributed by atoms with Crippen molar-refractivity contribution in [1.29, 1.82) is 5.26 Å². The van der Waals surface area contributed by atoms with Crippen molar-refractivity contribution in [2.75, 3.05) is 31.1 Å². The van der Waals surface area contributed by atoms with Gasteiger partial charge in [0, 0.05) is 37.3 Å². The number of nitrogens with zero attached hydrogens (tertiary/aromatic N) is 2. The van der Waals surface area contributed by atoms with Crippen LogP contribution in [0.1, 0.15) is 36.8 Å². The molecule has 4 rings (SSSR count). The molecule has 0 aliphatic carbocycles. The van der Waals surface area contributed by atoms with Gasteiger partial charge in [-0.3, -0.25) is 4.79 Å². The molecule has 0 aromatic heterocycles. The summed E-state index contributed by atoms with van der Waals surface area (Å²) in [7, 11) is 0. The van der Waals surface area contributed by atoms with Crippen LogP contribution in [0.2, 0.25) is 0 Å². The van der Waals surface area contributed by atoms with Crippen LogP contribution in [0.25, 0.3) is 11.1 Å². The predicted octanol–water partition coefficient (Wildman–Crippen LogP) is 5.13. The quantitative estimate of drug-likeness (QED) is 0.407. The largest absolute Gasteiger partial charge is 0.371 e. The van der Waals surface area contributed by atoms with Gasteiger partial charge in [-0.25, -0.2) is 0 Å². The molecular weight excluding hydrogens is 432 g/mol. The third-order valence-corrected chi connectivity index (χ3v) is 6.71. The third-order valence-electron chi connectivity index (χ3n) is 6.71. The first-order chi connectivity index (χ1) is 17.2. The Morgan fingerprint density at radius 2 is 1.66 bits per heavy atom. The highest BCUT2D eigenvalue weighted by atomic mass is 16.1. The van der Waals surface area contributed by atoms with E-state index in [0.29, 0.717) is 24.4 Å². The maximum Gasteiger partial charge on any atom is 0.220 e. The van der Waals surface area contributed by atoms with Crippen LogP contribution in [0.4, 0.5) is 5.69 Å². The van der Waals surface area contributed by atoms with Crippen molar-refractivity contribution in [3.63, 3.8) is 0 Å². The van der Waals surface area contributed by atoms with Crippen molar-refractivity contribution in [2.24, 2.45) is 5.92 Å². The van der Waals surface area contributed by atoms with Crippen molar-refractivity contribution < 1.29 is 4.79 Å². The molecule has 1 saturated heterocycles. The molecule has 2 N–H and O–H groups in total. The number of carbonyl (C=O) groups is 1. The predicted molar refractivity (Wildman–Crippen MR) is 142 cm³/mol. The molecule has 0 unspecified atom stereocenters. The Morgan fingerprint density at radius 3 is 2.40 bits per heavy atom. The molecule has 1 aliphatic heterocycles. The number of hydrogen-bond donors (Lipinski definition) is 2. The maximum absolute atomic E-state index is 12.1. The van der Waals surface area contributed by atoms with Crippen LogP contribution in [-0.2, 0) is 11.3 Å². The minimum absolute atomic E-state index is 0.0709. The van der Waals surface area contributed by atoms with Crippen molar-refractivity contribution in [1.82, 2.24) is 10.6 Å². The van der Waals surface area contributed by atoms with E-state index in [2.05, 4.69) is 76.2 Å². The molecule has 35 heavy (non-hydrogen) atoms. The van der Waals surface area contributed by atoms with Gasteiger partial charge in [0.15, 0.2) is 0 Å². The Labute approximate surface area is 208 Å². The number of rotatable bonds is 10. The topological polar surface area (TPSA) is 68.2 Å². The van der Waals surface area contributed by atoms with E-state index < -0.39 is 0 Å². The lowest BCUT2D eigenvalue weighted by atomic mass is 9.95. The molecule has 5 nitrogen and oxygen atoms in total. The van der Waals surface area contributed by atoms with Gasteiger partial charge in [-0.15, -0.1) is 0 Å². The van der Waals surface area contributed by atoms with Crippen LogP contribution in [0.5, 0.6) is 0 Å². The highest BCUT2D eigenvalue weighted by Crippen LogP contribution is 2.33. The Balaban J connectivity index is 1.12. The van der Waals surface area contributed by atoms with Crippen molar-refractivity contribution in [2.45, 2.75) is 32.2 Å². The standard InChI is InChI=1S/C30H34N4O/c31-21-24-12-14-25(15-13-24)23-33-30(35)11-6-18-32-22-26-16-19-34(20-17-26)29-10-5-4-9-28(29)27-7-2-1-3-8-27/h1-5,7-10,12-15,26,32H,6,11,16-20,22-23H2,(H,33,35). The lowest BCUT2D eigenvalue weighted by Gasteiger charge is -2.35. The first kappa shape index (κ1) is 24.5. The molecule has 0 radical (unpaired) electrons. The summed E-state index contributed by atoms with van der Waals surface area (Å²) in [6.07, 6.45) is 3.73. The second-order valence-electron chi connectivity index (χ2n) is 9.21. The molecule has 3 aromatic rings. The van der Waals surface area contributed by atoms with Crippen molar-refractivity contribution in [3.8, 4) is 17.2 Å². The number of anilines is 1. The van der Waals surface area contributed by atoms with Gasteiger partial charge >= 0.3 is 0 Å². The first-order valence-electron chi connectivity index (χ1n) is 12.6. The van der Waals surface area contributed by atoms with Crippen LogP contribution >= 0.6 is 0 Å². The highest BCUT2D eigenvalue weighted by molar-refractivity contribution is 5.78. The van der Waals surface area contributed by atoms with Gasteiger partial charge < -0.3 is 15.5 Å². The molecule has 1 fully saturated rings. The monoisotopic (exact) mass is 466 g/mol. The Bertz CT molecular complexity index is 1110. The smallest absolute Gasteiger partial charge is 0.220 e. The molecular formula is C30H34N4O.